The first kappa shape index (κ1) is 9.31. The Morgan fingerprint density at radius 1 is 1.42 bits per heavy atom. The van der Waals surface area contributed by atoms with Crippen molar-refractivity contribution in [1.82, 2.24) is 0 Å². The van der Waals surface area contributed by atoms with Gasteiger partial charge in [-0.25, -0.2) is 0 Å². The van der Waals surface area contributed by atoms with Crippen LogP contribution in [0, 0.1) is 11.8 Å². The summed E-state index contributed by atoms with van der Waals surface area (Å²) in [5.41, 5.74) is 0. The van der Waals surface area contributed by atoms with Gasteiger partial charge in [0.2, 0.25) is 0 Å². The Kier molecular flexibility index (Phi) is 3.86. The molecular formula is C12H18. The summed E-state index contributed by atoms with van der Waals surface area (Å²) in [7, 11) is 0. The van der Waals surface area contributed by atoms with Crippen molar-refractivity contribution in [3.8, 4) is 0 Å². The van der Waals surface area contributed by atoms with E-state index in [0.717, 1.165) is 5.92 Å². The Balaban J connectivity index is 2.37. The molecule has 0 N–H and O–H groups in total. The third-order valence-electron chi connectivity index (χ3n) is 2.48. The van der Waals surface area contributed by atoms with Gasteiger partial charge in [-0.15, -0.1) is 6.58 Å². The number of rotatable bonds is 3. The zero-order valence-electron chi connectivity index (χ0n) is 7.87. The van der Waals surface area contributed by atoms with Crippen LogP contribution in [0.4, 0.5) is 0 Å². The number of hydrogen-bond acceptors (Lipinski definition) is 0. The zero-order chi connectivity index (χ0) is 8.81. The minimum absolute atomic E-state index is 0.631. The van der Waals surface area contributed by atoms with Gasteiger partial charge < -0.3 is 0 Å². The molecule has 0 aromatic carbocycles. The van der Waals surface area contributed by atoms with Crippen molar-refractivity contribution < 1.29 is 0 Å². The fraction of sp³-hybridized carbons (Fsp3) is 0.500. The Bertz CT molecular complexity index is 186. The predicted octanol–water partition coefficient (Wildman–Crippen LogP) is 3.72. The summed E-state index contributed by atoms with van der Waals surface area (Å²) in [6.45, 7) is 5.89. The monoisotopic (exact) mass is 162 g/mol. The van der Waals surface area contributed by atoms with Crippen LogP contribution in [0.5, 0.6) is 0 Å². The molecule has 0 heterocycles. The highest BCUT2D eigenvalue weighted by molar-refractivity contribution is 5.05. The Morgan fingerprint density at radius 3 is 2.75 bits per heavy atom. The largest absolute Gasteiger partial charge is 0.102 e. The zero-order valence-corrected chi connectivity index (χ0v) is 7.87. The smallest absolute Gasteiger partial charge is 0.00559 e. The molecule has 2 unspecified atom stereocenters. The van der Waals surface area contributed by atoms with Crippen molar-refractivity contribution in [3.63, 3.8) is 0 Å². The van der Waals surface area contributed by atoms with E-state index in [1.54, 1.807) is 0 Å². The molecule has 0 aromatic rings. The number of hydrogen-bond donors (Lipinski definition) is 0. The molecular weight excluding hydrogens is 144 g/mol. The molecule has 1 aliphatic carbocycles. The lowest BCUT2D eigenvalue weighted by Gasteiger charge is -2.19. The first-order valence-electron chi connectivity index (χ1n) is 4.79. The van der Waals surface area contributed by atoms with Gasteiger partial charge in [0.05, 0.1) is 0 Å². The average Bonchev–Trinajstić information content (AvgIpc) is 2.15. The SMILES string of the molecule is C=CC1C=CC(CC=CC)CC1. The molecule has 0 fully saturated rings. The maximum absolute atomic E-state index is 3.81. The lowest BCUT2D eigenvalue weighted by atomic mass is 9.87. The highest BCUT2D eigenvalue weighted by atomic mass is 14.2. The quantitative estimate of drug-likeness (QED) is 0.555. The molecule has 0 saturated heterocycles. The second-order valence-corrected chi connectivity index (χ2v) is 3.43. The van der Waals surface area contributed by atoms with E-state index in [1.165, 1.54) is 19.3 Å². The molecule has 12 heavy (non-hydrogen) atoms. The van der Waals surface area contributed by atoms with E-state index in [0.29, 0.717) is 5.92 Å². The molecule has 1 rings (SSSR count). The third-order valence-corrected chi connectivity index (χ3v) is 2.48. The van der Waals surface area contributed by atoms with E-state index >= 15 is 0 Å². The summed E-state index contributed by atoms with van der Waals surface area (Å²) >= 11 is 0. The van der Waals surface area contributed by atoms with Gasteiger partial charge in [0.15, 0.2) is 0 Å². The molecule has 0 amide bonds. The van der Waals surface area contributed by atoms with Gasteiger partial charge in [-0.2, -0.15) is 0 Å². The van der Waals surface area contributed by atoms with Crippen molar-refractivity contribution >= 4 is 0 Å². The highest BCUT2D eigenvalue weighted by Gasteiger charge is 2.11. The van der Waals surface area contributed by atoms with Crippen molar-refractivity contribution in [1.29, 1.82) is 0 Å². The molecule has 0 radical (unpaired) electrons. The van der Waals surface area contributed by atoms with Gasteiger partial charge in [-0.1, -0.05) is 30.4 Å². The lowest BCUT2D eigenvalue weighted by Crippen LogP contribution is -2.05. The van der Waals surface area contributed by atoms with E-state index in [9.17, 15) is 0 Å². The van der Waals surface area contributed by atoms with Crippen LogP contribution in [-0.2, 0) is 0 Å². The summed E-state index contributed by atoms with van der Waals surface area (Å²) < 4.78 is 0. The van der Waals surface area contributed by atoms with Gasteiger partial charge in [0, 0.05) is 0 Å². The van der Waals surface area contributed by atoms with E-state index < -0.39 is 0 Å². The maximum Gasteiger partial charge on any atom is -0.00559 e. The van der Waals surface area contributed by atoms with Crippen LogP contribution >= 0.6 is 0 Å². The van der Waals surface area contributed by atoms with Crippen LogP contribution in [0.3, 0.4) is 0 Å². The second kappa shape index (κ2) is 4.97. The Morgan fingerprint density at radius 2 is 2.25 bits per heavy atom. The van der Waals surface area contributed by atoms with Gasteiger partial charge in [0.25, 0.3) is 0 Å². The highest BCUT2D eigenvalue weighted by Crippen LogP contribution is 2.25. The van der Waals surface area contributed by atoms with Crippen molar-refractivity contribution in [3.05, 3.63) is 37.0 Å². The predicted molar refractivity (Wildman–Crippen MR) is 55.0 cm³/mol. The first-order valence-corrected chi connectivity index (χ1v) is 4.79. The summed E-state index contributed by atoms with van der Waals surface area (Å²) in [4.78, 5) is 0. The first-order chi connectivity index (χ1) is 5.86. The van der Waals surface area contributed by atoms with E-state index in [-0.39, 0.29) is 0 Å². The molecule has 0 nitrogen and oxygen atoms in total. The molecule has 0 heteroatoms. The molecule has 2 atom stereocenters. The molecule has 0 aliphatic heterocycles. The van der Waals surface area contributed by atoms with Crippen LogP contribution in [-0.4, -0.2) is 0 Å². The van der Waals surface area contributed by atoms with Gasteiger partial charge >= 0.3 is 0 Å². The molecule has 0 spiro atoms. The minimum atomic E-state index is 0.631. The van der Waals surface area contributed by atoms with E-state index in [1.807, 2.05) is 6.08 Å². The van der Waals surface area contributed by atoms with Crippen LogP contribution in [0.25, 0.3) is 0 Å². The van der Waals surface area contributed by atoms with Crippen LogP contribution in [0.2, 0.25) is 0 Å². The topological polar surface area (TPSA) is 0 Å². The fourth-order valence-corrected chi connectivity index (χ4v) is 1.60. The maximum atomic E-state index is 3.81. The minimum Gasteiger partial charge on any atom is -0.102 e. The Labute approximate surface area is 75.7 Å². The third kappa shape index (κ3) is 2.69. The molecule has 0 aromatic heterocycles. The van der Waals surface area contributed by atoms with Gasteiger partial charge in [-0.05, 0) is 38.0 Å². The van der Waals surface area contributed by atoms with E-state index in [4.69, 9.17) is 0 Å². The summed E-state index contributed by atoms with van der Waals surface area (Å²) in [5, 5.41) is 0. The lowest BCUT2D eigenvalue weighted by molar-refractivity contribution is 0.503. The van der Waals surface area contributed by atoms with Gasteiger partial charge in [0.1, 0.15) is 0 Å². The fourth-order valence-electron chi connectivity index (χ4n) is 1.60. The normalized spacial score (nSPS) is 29.4. The average molecular weight is 162 g/mol. The van der Waals surface area contributed by atoms with Crippen molar-refractivity contribution in [2.75, 3.05) is 0 Å². The summed E-state index contributed by atoms with van der Waals surface area (Å²) in [5.74, 6) is 1.41. The van der Waals surface area contributed by atoms with Gasteiger partial charge in [-0.3, -0.25) is 0 Å². The summed E-state index contributed by atoms with van der Waals surface area (Å²) in [6.07, 6.45) is 14.9. The van der Waals surface area contributed by atoms with Crippen molar-refractivity contribution in [2.24, 2.45) is 11.8 Å². The standard InChI is InChI=1S/C12H18/c1-3-5-6-12-9-7-11(4-2)8-10-12/h3-5,7,9,11-12H,2,6,8,10H2,1H3. The molecule has 0 bridgehead atoms. The van der Waals surface area contributed by atoms with Crippen LogP contribution in [0.1, 0.15) is 26.2 Å². The number of allylic oxidation sites excluding steroid dienone is 5. The van der Waals surface area contributed by atoms with Crippen molar-refractivity contribution in [2.45, 2.75) is 26.2 Å². The second-order valence-electron chi connectivity index (χ2n) is 3.43. The van der Waals surface area contributed by atoms with Crippen LogP contribution in [0.15, 0.2) is 37.0 Å². The molecule has 66 valence electrons. The molecule has 0 saturated carbocycles. The summed E-state index contributed by atoms with van der Waals surface area (Å²) in [6, 6.07) is 0. The van der Waals surface area contributed by atoms with E-state index in [2.05, 4.69) is 37.8 Å². The molecule has 1 aliphatic rings. The van der Waals surface area contributed by atoms with Crippen LogP contribution < -0.4 is 0 Å². The Hall–Kier alpha value is -0.780.